The Hall–Kier alpha value is -3.55. The van der Waals surface area contributed by atoms with Crippen LogP contribution in [-0.4, -0.2) is 31.5 Å². The maximum Gasteiger partial charge on any atom is 0.358 e. The first-order chi connectivity index (χ1) is 11.5. The van der Waals surface area contributed by atoms with Gasteiger partial charge < -0.3 is 10.2 Å². The summed E-state index contributed by atoms with van der Waals surface area (Å²) in [5.41, 5.74) is 1.34. The van der Waals surface area contributed by atoms with Gasteiger partial charge in [-0.05, 0) is 36.8 Å². The second-order valence-electron chi connectivity index (χ2n) is 5.02. The molecule has 8 heteroatoms. The van der Waals surface area contributed by atoms with Gasteiger partial charge in [0, 0.05) is 6.20 Å². The molecule has 3 aromatic rings. The highest BCUT2D eigenvalue weighted by Gasteiger charge is 2.18. The molecule has 0 fully saturated rings. The molecule has 0 atom stereocenters. The molecule has 24 heavy (non-hydrogen) atoms. The lowest BCUT2D eigenvalue weighted by Gasteiger charge is -2.01. The largest absolute Gasteiger partial charge is 0.478 e. The standard InChI is InChI=1S/C16H12N4O4/c1-9-5-6-10(15(21)22)8-11(9)18-19-14-13(16(23)24)17-12-4-2-3-7-20(12)14/h2-8H,1H3,(H,21,22)(H,23,24). The summed E-state index contributed by atoms with van der Waals surface area (Å²) in [4.78, 5) is 26.4. The first-order valence-corrected chi connectivity index (χ1v) is 6.93. The highest BCUT2D eigenvalue weighted by Crippen LogP contribution is 2.26. The first-order valence-electron chi connectivity index (χ1n) is 6.93. The number of carboxylic acids is 2. The van der Waals surface area contributed by atoms with Crippen LogP contribution in [0.3, 0.4) is 0 Å². The van der Waals surface area contributed by atoms with Gasteiger partial charge in [0.2, 0.25) is 0 Å². The molecule has 120 valence electrons. The minimum absolute atomic E-state index is 0.0678. The van der Waals surface area contributed by atoms with Gasteiger partial charge in [0.1, 0.15) is 5.65 Å². The summed E-state index contributed by atoms with van der Waals surface area (Å²) in [5.74, 6) is -2.23. The molecular formula is C16H12N4O4. The van der Waals surface area contributed by atoms with E-state index in [-0.39, 0.29) is 17.1 Å². The Bertz CT molecular complexity index is 991. The van der Waals surface area contributed by atoms with Crippen LogP contribution < -0.4 is 0 Å². The molecule has 0 bridgehead atoms. The zero-order chi connectivity index (χ0) is 17.3. The van der Waals surface area contributed by atoms with Gasteiger partial charge in [-0.2, -0.15) is 0 Å². The van der Waals surface area contributed by atoms with Crippen LogP contribution in [-0.2, 0) is 0 Å². The predicted octanol–water partition coefficient (Wildman–Crippen LogP) is 3.45. The van der Waals surface area contributed by atoms with Crippen molar-refractivity contribution in [3.05, 3.63) is 59.4 Å². The molecule has 0 spiro atoms. The quantitative estimate of drug-likeness (QED) is 0.713. The van der Waals surface area contributed by atoms with Crippen LogP contribution in [0, 0.1) is 6.92 Å². The number of imidazole rings is 1. The number of hydrogen-bond acceptors (Lipinski definition) is 5. The van der Waals surface area contributed by atoms with E-state index < -0.39 is 11.9 Å². The molecule has 0 saturated heterocycles. The molecule has 0 saturated carbocycles. The van der Waals surface area contributed by atoms with Gasteiger partial charge in [-0.3, -0.25) is 4.40 Å². The van der Waals surface area contributed by atoms with E-state index in [4.69, 9.17) is 5.11 Å². The van der Waals surface area contributed by atoms with E-state index in [9.17, 15) is 14.7 Å². The van der Waals surface area contributed by atoms with Crippen molar-refractivity contribution in [2.24, 2.45) is 10.2 Å². The maximum atomic E-state index is 11.4. The molecule has 2 N–H and O–H groups in total. The number of nitrogens with zero attached hydrogens (tertiary/aromatic N) is 4. The summed E-state index contributed by atoms with van der Waals surface area (Å²) in [6.45, 7) is 1.76. The van der Waals surface area contributed by atoms with Crippen molar-refractivity contribution < 1.29 is 19.8 Å². The van der Waals surface area contributed by atoms with Crippen LogP contribution in [0.5, 0.6) is 0 Å². The van der Waals surface area contributed by atoms with Crippen LogP contribution in [0.15, 0.2) is 52.8 Å². The van der Waals surface area contributed by atoms with Crippen molar-refractivity contribution in [2.75, 3.05) is 0 Å². The Labute approximate surface area is 135 Å². The van der Waals surface area contributed by atoms with Crippen molar-refractivity contribution >= 4 is 29.1 Å². The average molecular weight is 324 g/mol. The molecule has 1 aromatic carbocycles. The molecule has 0 aliphatic heterocycles. The third-order valence-corrected chi connectivity index (χ3v) is 3.42. The summed E-state index contributed by atoms with van der Waals surface area (Å²) in [5, 5.41) is 26.3. The number of benzene rings is 1. The highest BCUT2D eigenvalue weighted by atomic mass is 16.4. The van der Waals surface area contributed by atoms with Crippen LogP contribution in [0.4, 0.5) is 11.5 Å². The fourth-order valence-electron chi connectivity index (χ4n) is 2.17. The summed E-state index contributed by atoms with van der Waals surface area (Å²) in [6, 6.07) is 9.57. The topological polar surface area (TPSA) is 117 Å². The summed E-state index contributed by atoms with van der Waals surface area (Å²) >= 11 is 0. The lowest BCUT2D eigenvalue weighted by Crippen LogP contribution is -1.97. The summed E-state index contributed by atoms with van der Waals surface area (Å²) in [7, 11) is 0. The highest BCUT2D eigenvalue weighted by molar-refractivity contribution is 5.92. The third-order valence-electron chi connectivity index (χ3n) is 3.42. The fourth-order valence-corrected chi connectivity index (χ4v) is 2.17. The number of fused-ring (bicyclic) bond motifs is 1. The van der Waals surface area contributed by atoms with Crippen molar-refractivity contribution in [1.29, 1.82) is 0 Å². The molecule has 0 aliphatic carbocycles. The lowest BCUT2D eigenvalue weighted by molar-refractivity contribution is 0.0683. The maximum absolute atomic E-state index is 11.4. The predicted molar refractivity (Wildman–Crippen MR) is 84.5 cm³/mol. The van der Waals surface area contributed by atoms with Crippen LogP contribution >= 0.6 is 0 Å². The Morgan fingerprint density at radius 2 is 1.88 bits per heavy atom. The van der Waals surface area contributed by atoms with Gasteiger partial charge in [-0.25, -0.2) is 14.6 Å². The number of carboxylic acid groups (broad SMARTS) is 2. The molecule has 0 aliphatic rings. The van der Waals surface area contributed by atoms with E-state index in [2.05, 4.69) is 15.2 Å². The SMILES string of the molecule is Cc1ccc(C(=O)O)cc1N=Nc1c(C(=O)O)nc2ccccn12. The fraction of sp³-hybridized carbons (Fsp3) is 0.0625. The molecule has 0 radical (unpaired) electrons. The lowest BCUT2D eigenvalue weighted by atomic mass is 10.1. The molecule has 8 nitrogen and oxygen atoms in total. The van der Waals surface area contributed by atoms with Gasteiger partial charge in [-0.1, -0.05) is 12.1 Å². The molecule has 2 aromatic heterocycles. The van der Waals surface area contributed by atoms with Crippen molar-refractivity contribution in [3.8, 4) is 0 Å². The van der Waals surface area contributed by atoms with Crippen LogP contribution in [0.25, 0.3) is 5.65 Å². The molecule has 3 rings (SSSR count). The normalized spacial score (nSPS) is 11.2. The number of pyridine rings is 1. The molecular weight excluding hydrogens is 312 g/mol. The zero-order valence-corrected chi connectivity index (χ0v) is 12.5. The Balaban J connectivity index is 2.11. The zero-order valence-electron chi connectivity index (χ0n) is 12.5. The van der Waals surface area contributed by atoms with Crippen molar-refractivity contribution in [1.82, 2.24) is 9.38 Å². The first kappa shape index (κ1) is 15.3. The van der Waals surface area contributed by atoms with Crippen molar-refractivity contribution in [2.45, 2.75) is 6.92 Å². The number of aromatic carboxylic acids is 2. The van der Waals surface area contributed by atoms with E-state index in [1.54, 1.807) is 37.4 Å². The Morgan fingerprint density at radius 3 is 2.58 bits per heavy atom. The Kier molecular flexibility index (Phi) is 3.78. The molecule has 2 heterocycles. The van der Waals surface area contributed by atoms with E-state index >= 15 is 0 Å². The minimum atomic E-state index is -1.22. The van der Waals surface area contributed by atoms with Crippen molar-refractivity contribution in [3.63, 3.8) is 0 Å². The van der Waals surface area contributed by atoms with Gasteiger partial charge in [0.15, 0.2) is 11.5 Å². The number of hydrogen-bond donors (Lipinski definition) is 2. The molecule has 0 amide bonds. The average Bonchev–Trinajstić information content (AvgIpc) is 2.93. The van der Waals surface area contributed by atoms with E-state index in [1.165, 1.54) is 16.5 Å². The van der Waals surface area contributed by atoms with Gasteiger partial charge in [-0.15, -0.1) is 10.2 Å². The number of aryl methyl sites for hydroxylation is 1. The smallest absolute Gasteiger partial charge is 0.358 e. The second-order valence-corrected chi connectivity index (χ2v) is 5.02. The van der Waals surface area contributed by atoms with Gasteiger partial charge in [0.05, 0.1) is 11.3 Å². The van der Waals surface area contributed by atoms with E-state index in [1.807, 2.05) is 0 Å². The third kappa shape index (κ3) is 2.72. The summed E-state index contributed by atoms with van der Waals surface area (Å²) in [6.07, 6.45) is 1.63. The summed E-state index contributed by atoms with van der Waals surface area (Å²) < 4.78 is 1.50. The number of rotatable bonds is 4. The number of carbonyl (C=O) groups is 2. The Morgan fingerprint density at radius 1 is 1.08 bits per heavy atom. The van der Waals surface area contributed by atoms with E-state index in [0.29, 0.717) is 11.3 Å². The number of azo groups is 1. The second kappa shape index (κ2) is 5.92. The van der Waals surface area contributed by atoms with E-state index in [0.717, 1.165) is 5.56 Å². The number of aromatic nitrogens is 2. The minimum Gasteiger partial charge on any atom is -0.478 e. The van der Waals surface area contributed by atoms with Gasteiger partial charge in [0.25, 0.3) is 0 Å². The molecule has 0 unspecified atom stereocenters. The van der Waals surface area contributed by atoms with Crippen LogP contribution in [0.1, 0.15) is 26.4 Å². The monoisotopic (exact) mass is 324 g/mol. The van der Waals surface area contributed by atoms with Gasteiger partial charge >= 0.3 is 11.9 Å². The van der Waals surface area contributed by atoms with Crippen LogP contribution in [0.2, 0.25) is 0 Å².